The number of fused-ring (bicyclic) bond motifs is 1. The van der Waals surface area contributed by atoms with Crippen molar-refractivity contribution < 1.29 is 5.11 Å². The molecule has 2 nitrogen and oxygen atoms in total. The number of aliphatic hydroxyl groups excluding tert-OH is 1. The first-order valence-corrected chi connectivity index (χ1v) is 7.79. The first kappa shape index (κ1) is 13.8. The topological polar surface area (TPSA) is 32.3 Å². The van der Waals surface area contributed by atoms with E-state index in [0.29, 0.717) is 11.8 Å². The number of anilines is 1. The van der Waals surface area contributed by atoms with Crippen LogP contribution in [0.3, 0.4) is 0 Å². The predicted octanol–water partition coefficient (Wildman–Crippen LogP) is 3.40. The lowest BCUT2D eigenvalue weighted by Crippen LogP contribution is -2.23. The summed E-state index contributed by atoms with van der Waals surface area (Å²) in [5, 5.41) is 12.8. The van der Waals surface area contributed by atoms with Crippen molar-refractivity contribution >= 4 is 17.4 Å². The molecule has 0 aliphatic carbocycles. The van der Waals surface area contributed by atoms with Crippen LogP contribution in [0.5, 0.6) is 0 Å². The fourth-order valence-electron chi connectivity index (χ4n) is 2.23. The minimum absolute atomic E-state index is 0.255. The third-order valence-corrected chi connectivity index (χ3v) is 4.86. The summed E-state index contributed by atoms with van der Waals surface area (Å²) >= 11 is 1.96. The van der Waals surface area contributed by atoms with E-state index >= 15 is 0 Å². The highest BCUT2D eigenvalue weighted by atomic mass is 32.2. The molecule has 1 atom stereocenters. The minimum atomic E-state index is 0.255. The maximum Gasteiger partial charge on any atom is 0.0478 e. The molecule has 3 heteroatoms. The number of aliphatic hydroxyl groups is 1. The second-order valence-corrected chi connectivity index (χ2v) is 6.48. The summed E-state index contributed by atoms with van der Waals surface area (Å²) in [6.45, 7) is 5.42. The van der Waals surface area contributed by atoms with Gasteiger partial charge in [-0.1, -0.05) is 13.8 Å². The zero-order valence-corrected chi connectivity index (χ0v) is 12.1. The van der Waals surface area contributed by atoms with Gasteiger partial charge >= 0.3 is 0 Å². The molecular weight excluding hydrogens is 242 g/mol. The molecule has 0 bridgehead atoms. The van der Waals surface area contributed by atoms with Gasteiger partial charge in [-0.2, -0.15) is 0 Å². The number of hydrogen-bond donors (Lipinski definition) is 2. The van der Waals surface area contributed by atoms with Gasteiger partial charge in [-0.3, -0.25) is 0 Å². The molecule has 2 N–H and O–H groups in total. The molecule has 0 amide bonds. The Bertz CT molecular complexity index is 392. The lowest BCUT2D eigenvalue weighted by Gasteiger charge is -2.21. The van der Waals surface area contributed by atoms with E-state index < -0.39 is 0 Å². The Hall–Kier alpha value is -0.670. The normalized spacial score (nSPS) is 16.4. The Morgan fingerprint density at radius 3 is 2.94 bits per heavy atom. The molecule has 1 aromatic rings. The summed E-state index contributed by atoms with van der Waals surface area (Å²) in [6.07, 6.45) is 2.48. The lowest BCUT2D eigenvalue weighted by atomic mass is 9.97. The molecule has 1 heterocycles. The van der Waals surface area contributed by atoms with Crippen molar-refractivity contribution in [3.05, 3.63) is 23.8 Å². The SMILES string of the molecule is CC(C)C(CO)CNc1ccc2c(c1)CCCS2. The van der Waals surface area contributed by atoms with Gasteiger partial charge in [0, 0.05) is 29.7 Å². The van der Waals surface area contributed by atoms with Gasteiger partial charge in [-0.25, -0.2) is 0 Å². The molecule has 1 unspecified atom stereocenters. The second-order valence-electron chi connectivity index (χ2n) is 5.34. The van der Waals surface area contributed by atoms with Crippen molar-refractivity contribution in [2.45, 2.75) is 31.6 Å². The van der Waals surface area contributed by atoms with Crippen LogP contribution >= 0.6 is 11.8 Å². The highest BCUT2D eigenvalue weighted by molar-refractivity contribution is 7.99. The van der Waals surface area contributed by atoms with E-state index in [4.69, 9.17) is 0 Å². The van der Waals surface area contributed by atoms with Crippen LogP contribution in [0.4, 0.5) is 5.69 Å². The van der Waals surface area contributed by atoms with Crippen molar-refractivity contribution in [1.29, 1.82) is 0 Å². The highest BCUT2D eigenvalue weighted by Gasteiger charge is 2.13. The van der Waals surface area contributed by atoms with Gasteiger partial charge in [0.05, 0.1) is 0 Å². The summed E-state index contributed by atoms with van der Waals surface area (Å²) in [5.41, 5.74) is 2.66. The molecule has 0 saturated carbocycles. The zero-order valence-electron chi connectivity index (χ0n) is 11.3. The summed E-state index contributed by atoms with van der Waals surface area (Å²) in [7, 11) is 0. The van der Waals surface area contributed by atoms with E-state index in [1.165, 1.54) is 34.7 Å². The van der Waals surface area contributed by atoms with Crippen molar-refractivity contribution in [3.8, 4) is 0 Å². The molecular formula is C15H23NOS. The fraction of sp³-hybridized carbons (Fsp3) is 0.600. The van der Waals surface area contributed by atoms with E-state index in [1.54, 1.807) is 0 Å². The number of nitrogens with one attached hydrogen (secondary N) is 1. The third-order valence-electron chi connectivity index (χ3n) is 3.65. The monoisotopic (exact) mass is 265 g/mol. The number of rotatable bonds is 5. The summed E-state index contributed by atoms with van der Waals surface area (Å²) < 4.78 is 0. The van der Waals surface area contributed by atoms with Gasteiger partial charge < -0.3 is 10.4 Å². The van der Waals surface area contributed by atoms with Gasteiger partial charge in [-0.15, -0.1) is 11.8 Å². The Labute approximate surface area is 114 Å². The Balaban J connectivity index is 1.97. The molecule has 1 aliphatic rings. The van der Waals surface area contributed by atoms with E-state index in [2.05, 4.69) is 37.4 Å². The largest absolute Gasteiger partial charge is 0.396 e. The second kappa shape index (κ2) is 6.48. The molecule has 2 rings (SSSR count). The standard InChI is InChI=1S/C15H23NOS/c1-11(2)13(10-17)9-16-14-5-6-15-12(8-14)4-3-7-18-15/h5-6,8,11,13,16-17H,3-4,7,9-10H2,1-2H3. The van der Waals surface area contributed by atoms with Crippen LogP contribution < -0.4 is 5.32 Å². The summed E-state index contributed by atoms with van der Waals surface area (Å²) in [4.78, 5) is 1.44. The average Bonchev–Trinajstić information content (AvgIpc) is 2.39. The Kier molecular flexibility index (Phi) is 4.95. The number of thioether (sulfide) groups is 1. The predicted molar refractivity (Wildman–Crippen MR) is 79.4 cm³/mol. The van der Waals surface area contributed by atoms with Crippen LogP contribution in [0, 0.1) is 11.8 Å². The first-order chi connectivity index (χ1) is 8.70. The molecule has 0 spiro atoms. The van der Waals surface area contributed by atoms with Crippen molar-refractivity contribution in [3.63, 3.8) is 0 Å². The molecule has 1 aliphatic heterocycles. The van der Waals surface area contributed by atoms with Crippen molar-refractivity contribution in [1.82, 2.24) is 0 Å². The molecule has 0 fully saturated rings. The molecule has 0 radical (unpaired) electrons. The Morgan fingerprint density at radius 1 is 1.39 bits per heavy atom. The number of aryl methyl sites for hydroxylation is 1. The van der Waals surface area contributed by atoms with E-state index in [-0.39, 0.29) is 6.61 Å². The van der Waals surface area contributed by atoms with E-state index in [9.17, 15) is 5.11 Å². The van der Waals surface area contributed by atoms with Crippen molar-refractivity contribution in [2.24, 2.45) is 11.8 Å². The van der Waals surface area contributed by atoms with Crippen LogP contribution in [0.1, 0.15) is 25.8 Å². The molecule has 100 valence electrons. The van der Waals surface area contributed by atoms with Crippen LogP contribution in [-0.2, 0) is 6.42 Å². The molecule has 18 heavy (non-hydrogen) atoms. The van der Waals surface area contributed by atoms with Crippen molar-refractivity contribution in [2.75, 3.05) is 24.2 Å². The lowest BCUT2D eigenvalue weighted by molar-refractivity contribution is 0.198. The average molecular weight is 265 g/mol. The highest BCUT2D eigenvalue weighted by Crippen LogP contribution is 2.31. The van der Waals surface area contributed by atoms with Gasteiger partial charge in [0.25, 0.3) is 0 Å². The van der Waals surface area contributed by atoms with Crippen LogP contribution in [-0.4, -0.2) is 24.0 Å². The summed E-state index contributed by atoms with van der Waals surface area (Å²) in [5.74, 6) is 2.09. The third kappa shape index (κ3) is 3.42. The maximum absolute atomic E-state index is 9.32. The van der Waals surface area contributed by atoms with E-state index in [0.717, 1.165) is 6.54 Å². The maximum atomic E-state index is 9.32. The number of hydrogen-bond acceptors (Lipinski definition) is 3. The molecule has 0 saturated heterocycles. The number of benzene rings is 1. The van der Waals surface area contributed by atoms with Gasteiger partial charge in [0.15, 0.2) is 0 Å². The zero-order chi connectivity index (χ0) is 13.0. The minimum Gasteiger partial charge on any atom is -0.396 e. The van der Waals surface area contributed by atoms with Crippen LogP contribution in [0.15, 0.2) is 23.1 Å². The van der Waals surface area contributed by atoms with Gasteiger partial charge in [0.2, 0.25) is 0 Å². The van der Waals surface area contributed by atoms with E-state index in [1.807, 2.05) is 11.8 Å². The van der Waals surface area contributed by atoms with Gasteiger partial charge in [-0.05, 0) is 48.3 Å². The first-order valence-electron chi connectivity index (χ1n) is 6.81. The van der Waals surface area contributed by atoms with Gasteiger partial charge in [0.1, 0.15) is 0 Å². The smallest absolute Gasteiger partial charge is 0.0478 e. The molecule has 0 aromatic heterocycles. The summed E-state index contributed by atoms with van der Waals surface area (Å²) in [6, 6.07) is 6.66. The fourth-order valence-corrected chi connectivity index (χ4v) is 3.25. The Morgan fingerprint density at radius 2 is 2.22 bits per heavy atom. The molecule has 1 aromatic carbocycles. The van der Waals surface area contributed by atoms with Crippen LogP contribution in [0.2, 0.25) is 0 Å². The quantitative estimate of drug-likeness (QED) is 0.856. The van der Waals surface area contributed by atoms with Crippen LogP contribution in [0.25, 0.3) is 0 Å².